The Hall–Kier alpha value is -3.59. The third-order valence-electron chi connectivity index (χ3n) is 6.67. The molecule has 4 amide bonds. The van der Waals surface area contributed by atoms with Gasteiger partial charge in [-0.25, -0.2) is 4.39 Å². The summed E-state index contributed by atoms with van der Waals surface area (Å²) in [5.41, 5.74) is 5.69. The lowest BCUT2D eigenvalue weighted by Crippen LogP contribution is -2.53. The van der Waals surface area contributed by atoms with Gasteiger partial charge in [-0.05, 0) is 30.2 Å². The summed E-state index contributed by atoms with van der Waals surface area (Å²) >= 11 is 0. The molecular weight excluding hydrogens is 415 g/mol. The number of likely N-dealkylation sites (tertiary alicyclic amines) is 1. The molecule has 5 rings (SSSR count). The first-order valence-corrected chi connectivity index (χ1v) is 10.4. The van der Waals surface area contributed by atoms with Crippen molar-refractivity contribution in [2.75, 3.05) is 5.32 Å². The summed E-state index contributed by atoms with van der Waals surface area (Å²) < 4.78 is 13.3. The Bertz CT molecular complexity index is 1150. The number of amides is 4. The summed E-state index contributed by atoms with van der Waals surface area (Å²) in [6.07, 6.45) is 0.233. The first-order valence-electron chi connectivity index (χ1n) is 10.4. The maximum atomic E-state index is 13.6. The van der Waals surface area contributed by atoms with Crippen molar-refractivity contribution >= 4 is 29.3 Å². The van der Waals surface area contributed by atoms with Crippen LogP contribution in [0.5, 0.6) is 0 Å². The molecule has 32 heavy (non-hydrogen) atoms. The maximum Gasteiger partial charge on any atom is 0.250 e. The first kappa shape index (κ1) is 20.3. The first-order chi connectivity index (χ1) is 15.3. The number of fused-ring (bicyclic) bond motifs is 4. The summed E-state index contributed by atoms with van der Waals surface area (Å²) in [6.45, 7) is -0.0210. The van der Waals surface area contributed by atoms with E-state index >= 15 is 0 Å². The number of nitrogens with two attached hydrogens (primary N) is 1. The van der Waals surface area contributed by atoms with Crippen molar-refractivity contribution in [3.05, 3.63) is 65.5 Å². The van der Waals surface area contributed by atoms with E-state index < -0.39 is 52.9 Å². The highest BCUT2D eigenvalue weighted by molar-refractivity contribution is 6.15. The number of carbonyl (C=O) groups excluding carboxylic acids is 4. The smallest absolute Gasteiger partial charge is 0.250 e. The van der Waals surface area contributed by atoms with Gasteiger partial charge in [-0.3, -0.25) is 29.4 Å². The highest BCUT2D eigenvalue weighted by Gasteiger charge is 2.70. The van der Waals surface area contributed by atoms with Gasteiger partial charge in [-0.1, -0.05) is 30.3 Å². The lowest BCUT2D eigenvalue weighted by atomic mass is 9.76. The van der Waals surface area contributed by atoms with Crippen LogP contribution in [0, 0.1) is 17.7 Å². The minimum atomic E-state index is -1.41. The number of carbonyl (C=O) groups is 4. The van der Waals surface area contributed by atoms with Gasteiger partial charge in [0.2, 0.25) is 23.6 Å². The highest BCUT2D eigenvalue weighted by Crippen LogP contribution is 2.53. The number of rotatable bonds is 5. The van der Waals surface area contributed by atoms with Crippen LogP contribution >= 0.6 is 0 Å². The number of nitrogens with one attached hydrogen (secondary N) is 2. The van der Waals surface area contributed by atoms with Gasteiger partial charge >= 0.3 is 0 Å². The van der Waals surface area contributed by atoms with Crippen LogP contribution < -0.4 is 16.4 Å². The van der Waals surface area contributed by atoms with Gasteiger partial charge in [0.1, 0.15) is 11.4 Å². The minimum Gasteiger partial charge on any atom is -0.370 e. The molecule has 1 spiro atoms. The Balaban J connectivity index is 1.56. The highest BCUT2D eigenvalue weighted by atomic mass is 19.1. The molecule has 0 radical (unpaired) electrons. The average molecular weight is 436 g/mol. The van der Waals surface area contributed by atoms with Gasteiger partial charge in [0.25, 0.3) is 0 Å². The Morgan fingerprint density at radius 2 is 1.78 bits per heavy atom. The van der Waals surface area contributed by atoms with Crippen molar-refractivity contribution in [1.29, 1.82) is 0 Å². The van der Waals surface area contributed by atoms with E-state index in [-0.39, 0.29) is 19.4 Å². The predicted octanol–water partition coefficient (Wildman–Crippen LogP) is 1.01. The molecule has 3 aliphatic heterocycles. The van der Waals surface area contributed by atoms with Crippen LogP contribution in [0.2, 0.25) is 0 Å². The third kappa shape index (κ3) is 2.85. The second-order valence-electron chi connectivity index (χ2n) is 8.46. The lowest BCUT2D eigenvalue weighted by Gasteiger charge is -2.29. The van der Waals surface area contributed by atoms with Crippen LogP contribution in [0.4, 0.5) is 10.1 Å². The van der Waals surface area contributed by atoms with Crippen molar-refractivity contribution in [2.24, 2.45) is 17.6 Å². The molecule has 4 N–H and O–H groups in total. The van der Waals surface area contributed by atoms with Gasteiger partial charge in [-0.15, -0.1) is 0 Å². The standard InChI is InChI=1S/C23H21FN4O4/c24-13-7-5-12(6-8-13)11-28-20(30)18-16(9-10-17(25)29)27-23(19(18)21(28)31)14-3-1-2-4-15(14)26-22(23)32/h1-8,16,18-19,27H,9-11H2,(H2,25,29)(H,26,32)/t16-,18+,19-,23-/m0/s1. The van der Waals surface area contributed by atoms with Crippen LogP contribution in [-0.2, 0) is 31.3 Å². The van der Waals surface area contributed by atoms with Crippen LogP contribution in [0.25, 0.3) is 0 Å². The van der Waals surface area contributed by atoms with E-state index in [0.717, 1.165) is 4.90 Å². The predicted molar refractivity (Wildman–Crippen MR) is 111 cm³/mol. The average Bonchev–Trinajstić information content (AvgIpc) is 3.34. The molecule has 0 aromatic heterocycles. The largest absolute Gasteiger partial charge is 0.370 e. The minimum absolute atomic E-state index is 0.0136. The molecule has 2 saturated heterocycles. The Labute approximate surface area is 182 Å². The normalized spacial score (nSPS) is 28.2. The molecule has 2 fully saturated rings. The molecule has 0 bridgehead atoms. The summed E-state index contributed by atoms with van der Waals surface area (Å²) in [4.78, 5) is 52.8. The number of para-hydroxylation sites is 1. The van der Waals surface area contributed by atoms with Crippen LogP contribution in [0.1, 0.15) is 24.0 Å². The molecule has 8 nitrogen and oxygen atoms in total. The zero-order valence-corrected chi connectivity index (χ0v) is 17.0. The molecule has 3 heterocycles. The molecule has 3 aliphatic rings. The number of hydrogen-bond donors (Lipinski definition) is 3. The fourth-order valence-corrected chi connectivity index (χ4v) is 5.29. The molecule has 4 atom stereocenters. The quantitative estimate of drug-likeness (QED) is 0.604. The third-order valence-corrected chi connectivity index (χ3v) is 6.67. The van der Waals surface area contributed by atoms with E-state index in [4.69, 9.17) is 5.73 Å². The molecule has 9 heteroatoms. The molecule has 2 aromatic carbocycles. The lowest BCUT2D eigenvalue weighted by molar-refractivity contribution is -0.143. The van der Waals surface area contributed by atoms with Crippen molar-refractivity contribution in [3.8, 4) is 0 Å². The van der Waals surface area contributed by atoms with Crippen molar-refractivity contribution in [2.45, 2.75) is 31.0 Å². The second kappa shape index (κ2) is 7.23. The molecule has 0 aliphatic carbocycles. The maximum absolute atomic E-state index is 13.6. The number of hydrogen-bond acceptors (Lipinski definition) is 5. The van der Waals surface area contributed by atoms with Crippen molar-refractivity contribution in [1.82, 2.24) is 10.2 Å². The zero-order chi connectivity index (χ0) is 22.6. The molecular formula is C23H21FN4O4. The fraction of sp³-hybridized carbons (Fsp3) is 0.304. The summed E-state index contributed by atoms with van der Waals surface area (Å²) in [6, 6.07) is 12.0. The zero-order valence-electron chi connectivity index (χ0n) is 17.0. The molecule has 0 saturated carbocycles. The van der Waals surface area contributed by atoms with Crippen LogP contribution in [0.3, 0.4) is 0 Å². The second-order valence-corrected chi connectivity index (χ2v) is 8.46. The van der Waals surface area contributed by atoms with E-state index in [1.54, 1.807) is 24.3 Å². The van der Waals surface area contributed by atoms with E-state index in [1.807, 2.05) is 0 Å². The summed E-state index contributed by atoms with van der Waals surface area (Å²) in [5, 5.41) is 6.06. The number of halogens is 1. The Kier molecular flexibility index (Phi) is 4.59. The topological polar surface area (TPSA) is 122 Å². The van der Waals surface area contributed by atoms with Crippen molar-refractivity contribution < 1.29 is 23.6 Å². The summed E-state index contributed by atoms with van der Waals surface area (Å²) in [5.74, 6) is -4.01. The number of nitrogens with zero attached hydrogens (tertiary/aromatic N) is 1. The SMILES string of the molecule is NC(=O)CC[C@@H]1N[C@]2(C(=O)Nc3ccccc32)[C@@H]2C(=O)N(Cc3ccc(F)cc3)C(=O)[C@H]12. The van der Waals surface area contributed by atoms with Gasteiger partial charge in [0, 0.05) is 23.7 Å². The van der Waals surface area contributed by atoms with Crippen molar-refractivity contribution in [3.63, 3.8) is 0 Å². The monoisotopic (exact) mass is 436 g/mol. The molecule has 2 aromatic rings. The Morgan fingerprint density at radius 1 is 1.06 bits per heavy atom. The number of imide groups is 1. The van der Waals surface area contributed by atoms with Gasteiger partial charge in [0.05, 0.1) is 18.4 Å². The van der Waals surface area contributed by atoms with Gasteiger partial charge in [0.15, 0.2) is 0 Å². The van der Waals surface area contributed by atoms with E-state index in [0.29, 0.717) is 16.8 Å². The van der Waals surface area contributed by atoms with E-state index in [9.17, 15) is 23.6 Å². The van der Waals surface area contributed by atoms with Gasteiger partial charge in [-0.2, -0.15) is 0 Å². The number of primary amides is 1. The molecule has 0 unspecified atom stereocenters. The number of anilines is 1. The van der Waals surface area contributed by atoms with E-state index in [2.05, 4.69) is 10.6 Å². The summed E-state index contributed by atoms with van der Waals surface area (Å²) in [7, 11) is 0. The number of benzene rings is 2. The van der Waals surface area contributed by atoms with Crippen LogP contribution in [-0.4, -0.2) is 34.6 Å². The fourth-order valence-electron chi connectivity index (χ4n) is 5.29. The Morgan fingerprint density at radius 3 is 2.50 bits per heavy atom. The van der Waals surface area contributed by atoms with E-state index in [1.165, 1.54) is 24.3 Å². The van der Waals surface area contributed by atoms with Gasteiger partial charge < -0.3 is 11.1 Å². The van der Waals surface area contributed by atoms with Crippen LogP contribution in [0.15, 0.2) is 48.5 Å². The molecule has 164 valence electrons.